The van der Waals surface area contributed by atoms with Crippen molar-refractivity contribution >= 4 is 21.6 Å². The number of aryl methyl sites for hydroxylation is 1. The van der Waals surface area contributed by atoms with E-state index >= 15 is 0 Å². The van der Waals surface area contributed by atoms with Gasteiger partial charge in [-0.05, 0) is 24.6 Å². The van der Waals surface area contributed by atoms with Crippen molar-refractivity contribution in [3.8, 4) is 0 Å². The van der Waals surface area contributed by atoms with Crippen LogP contribution >= 0.6 is 11.3 Å². The summed E-state index contributed by atoms with van der Waals surface area (Å²) in [5, 5.41) is 10.4. The van der Waals surface area contributed by atoms with Crippen molar-refractivity contribution in [2.24, 2.45) is 0 Å². The topological polar surface area (TPSA) is 33.1 Å². The van der Waals surface area contributed by atoms with Crippen LogP contribution in [0.15, 0.2) is 18.2 Å². The molecule has 2 rings (SSSR count). The fraction of sp³-hybridized carbons (Fsp3) is 0.417. The van der Waals surface area contributed by atoms with Crippen molar-refractivity contribution in [1.82, 2.24) is 4.98 Å². The Balaban J connectivity index is 2.55. The van der Waals surface area contributed by atoms with Crippen LogP contribution in [0.2, 0.25) is 0 Å². The second kappa shape index (κ2) is 3.58. The highest BCUT2D eigenvalue weighted by Gasteiger charge is 2.19. The summed E-state index contributed by atoms with van der Waals surface area (Å²) in [6.07, 6.45) is 0. The molecule has 0 bridgehead atoms. The molecule has 3 heteroatoms. The molecular formula is C12H15NOS. The van der Waals surface area contributed by atoms with Crippen molar-refractivity contribution < 1.29 is 5.11 Å². The summed E-state index contributed by atoms with van der Waals surface area (Å²) in [6.45, 7) is 6.27. The predicted molar refractivity (Wildman–Crippen MR) is 64.5 cm³/mol. The van der Waals surface area contributed by atoms with Gasteiger partial charge in [0.1, 0.15) is 0 Å². The number of hydrogen-bond acceptors (Lipinski definition) is 3. The van der Waals surface area contributed by atoms with Gasteiger partial charge in [0, 0.05) is 5.41 Å². The zero-order valence-electron chi connectivity index (χ0n) is 9.24. The van der Waals surface area contributed by atoms with Gasteiger partial charge < -0.3 is 5.11 Å². The lowest BCUT2D eigenvalue weighted by Crippen LogP contribution is -2.21. The maximum absolute atomic E-state index is 9.31. The van der Waals surface area contributed by atoms with Gasteiger partial charge in [-0.15, -0.1) is 11.3 Å². The molecule has 0 spiro atoms. The predicted octanol–water partition coefficient (Wildman–Crippen LogP) is 2.87. The van der Waals surface area contributed by atoms with Gasteiger partial charge in [-0.1, -0.05) is 19.9 Å². The Bertz CT molecular complexity index is 487. The molecule has 15 heavy (non-hydrogen) atoms. The van der Waals surface area contributed by atoms with Crippen LogP contribution in [0.5, 0.6) is 0 Å². The van der Waals surface area contributed by atoms with E-state index in [0.29, 0.717) is 0 Å². The van der Waals surface area contributed by atoms with Gasteiger partial charge in [0.05, 0.1) is 21.8 Å². The molecule has 80 valence electrons. The smallest absolute Gasteiger partial charge is 0.0907 e. The number of aromatic nitrogens is 1. The van der Waals surface area contributed by atoms with E-state index in [4.69, 9.17) is 0 Å². The minimum absolute atomic E-state index is 0.163. The number of thiazole rings is 1. The van der Waals surface area contributed by atoms with Crippen LogP contribution in [0.3, 0.4) is 0 Å². The highest BCUT2D eigenvalue weighted by atomic mass is 32.1. The van der Waals surface area contributed by atoms with Gasteiger partial charge in [-0.25, -0.2) is 4.98 Å². The molecule has 0 fully saturated rings. The Morgan fingerprint density at radius 2 is 2.13 bits per heavy atom. The number of nitrogens with zero attached hydrogens (tertiary/aromatic N) is 1. The Kier molecular flexibility index (Phi) is 2.52. The molecular weight excluding hydrogens is 206 g/mol. The molecule has 1 heterocycles. The number of benzene rings is 1. The average Bonchev–Trinajstić information content (AvgIpc) is 2.56. The van der Waals surface area contributed by atoms with E-state index < -0.39 is 0 Å². The molecule has 0 saturated carbocycles. The molecule has 2 aromatic rings. The molecule has 2 nitrogen and oxygen atoms in total. The van der Waals surface area contributed by atoms with Crippen molar-refractivity contribution in [2.75, 3.05) is 6.61 Å². The van der Waals surface area contributed by atoms with Crippen molar-refractivity contribution in [3.05, 3.63) is 28.8 Å². The highest BCUT2D eigenvalue weighted by Crippen LogP contribution is 2.28. The Hall–Kier alpha value is -0.930. The summed E-state index contributed by atoms with van der Waals surface area (Å²) in [4.78, 5) is 4.42. The molecule has 1 N–H and O–H groups in total. The fourth-order valence-corrected chi connectivity index (χ4v) is 2.42. The number of aliphatic hydroxyl groups excluding tert-OH is 1. The molecule has 0 atom stereocenters. The molecule has 0 saturated heterocycles. The van der Waals surface area contributed by atoms with Gasteiger partial charge in [0.15, 0.2) is 0 Å². The third kappa shape index (κ3) is 1.90. The highest BCUT2D eigenvalue weighted by molar-refractivity contribution is 7.18. The van der Waals surface area contributed by atoms with E-state index in [-0.39, 0.29) is 12.0 Å². The molecule has 0 aliphatic rings. The van der Waals surface area contributed by atoms with Gasteiger partial charge in [-0.3, -0.25) is 0 Å². The van der Waals surface area contributed by atoms with Gasteiger partial charge >= 0.3 is 0 Å². The third-order valence-electron chi connectivity index (χ3n) is 2.67. The zero-order chi connectivity index (χ0) is 11.1. The van der Waals surface area contributed by atoms with E-state index in [1.807, 2.05) is 26.8 Å². The SMILES string of the molecule is Cc1nc2ccc(C(C)(C)CO)cc2s1. The van der Waals surface area contributed by atoms with Crippen LogP contribution in [0, 0.1) is 6.92 Å². The van der Waals surface area contributed by atoms with E-state index in [0.717, 1.165) is 10.5 Å². The number of aliphatic hydroxyl groups is 1. The number of hydrogen-bond donors (Lipinski definition) is 1. The zero-order valence-corrected chi connectivity index (χ0v) is 10.1. The summed E-state index contributed by atoms with van der Waals surface area (Å²) in [7, 11) is 0. The fourth-order valence-electron chi connectivity index (χ4n) is 1.55. The van der Waals surface area contributed by atoms with Crippen LogP contribution in [-0.4, -0.2) is 16.7 Å². The first-order chi connectivity index (χ1) is 7.03. The summed E-state index contributed by atoms with van der Waals surface area (Å²) in [6, 6.07) is 6.22. The van der Waals surface area contributed by atoms with E-state index in [1.165, 1.54) is 10.3 Å². The normalized spacial score (nSPS) is 12.3. The quantitative estimate of drug-likeness (QED) is 0.846. The van der Waals surface area contributed by atoms with Gasteiger partial charge in [0.2, 0.25) is 0 Å². The van der Waals surface area contributed by atoms with Crippen LogP contribution in [0.25, 0.3) is 10.2 Å². The lowest BCUT2D eigenvalue weighted by atomic mass is 9.86. The second-order valence-corrected chi connectivity index (χ2v) is 5.69. The monoisotopic (exact) mass is 221 g/mol. The summed E-state index contributed by atoms with van der Waals surface area (Å²) in [5.41, 5.74) is 2.04. The largest absolute Gasteiger partial charge is 0.395 e. The first-order valence-corrected chi connectivity index (χ1v) is 5.83. The van der Waals surface area contributed by atoms with Gasteiger partial charge in [0.25, 0.3) is 0 Å². The summed E-state index contributed by atoms with van der Waals surface area (Å²) < 4.78 is 1.20. The van der Waals surface area contributed by atoms with E-state index in [2.05, 4.69) is 17.1 Å². The maximum Gasteiger partial charge on any atom is 0.0907 e. The second-order valence-electron chi connectivity index (χ2n) is 4.46. The van der Waals surface area contributed by atoms with Crippen molar-refractivity contribution in [2.45, 2.75) is 26.2 Å². The summed E-state index contributed by atoms with van der Waals surface area (Å²) in [5.74, 6) is 0. The summed E-state index contributed by atoms with van der Waals surface area (Å²) >= 11 is 1.70. The first kappa shape index (κ1) is 10.6. The van der Waals surface area contributed by atoms with Crippen molar-refractivity contribution in [1.29, 1.82) is 0 Å². The van der Waals surface area contributed by atoms with Gasteiger partial charge in [-0.2, -0.15) is 0 Å². The molecule has 0 aliphatic carbocycles. The lowest BCUT2D eigenvalue weighted by Gasteiger charge is -2.21. The first-order valence-electron chi connectivity index (χ1n) is 5.01. The van der Waals surface area contributed by atoms with Crippen molar-refractivity contribution in [3.63, 3.8) is 0 Å². The molecule has 0 radical (unpaired) electrons. The van der Waals surface area contributed by atoms with Crippen LogP contribution in [0.1, 0.15) is 24.4 Å². The standard InChI is InChI=1S/C12H15NOS/c1-8-13-10-5-4-9(6-11(10)15-8)12(2,3)7-14/h4-6,14H,7H2,1-3H3. The van der Waals surface area contributed by atoms with E-state index in [9.17, 15) is 5.11 Å². The number of rotatable bonds is 2. The lowest BCUT2D eigenvalue weighted by molar-refractivity contribution is 0.218. The molecule has 0 unspecified atom stereocenters. The van der Waals surface area contributed by atoms with Crippen LogP contribution < -0.4 is 0 Å². The molecule has 0 aliphatic heterocycles. The average molecular weight is 221 g/mol. The van der Waals surface area contributed by atoms with Crippen LogP contribution in [-0.2, 0) is 5.41 Å². The molecule has 1 aromatic carbocycles. The minimum atomic E-state index is -0.175. The molecule has 0 amide bonds. The Morgan fingerprint density at radius 1 is 1.40 bits per heavy atom. The number of fused-ring (bicyclic) bond motifs is 1. The molecule has 1 aromatic heterocycles. The van der Waals surface area contributed by atoms with E-state index in [1.54, 1.807) is 11.3 Å². The third-order valence-corrected chi connectivity index (χ3v) is 3.61. The maximum atomic E-state index is 9.31. The minimum Gasteiger partial charge on any atom is -0.395 e. The Labute approximate surface area is 93.6 Å². The van der Waals surface area contributed by atoms with Crippen LogP contribution in [0.4, 0.5) is 0 Å². The Morgan fingerprint density at radius 3 is 2.80 bits per heavy atom.